The number of benzene rings is 1. The van der Waals surface area contributed by atoms with Crippen molar-refractivity contribution < 1.29 is 9.53 Å². The summed E-state index contributed by atoms with van der Waals surface area (Å²) in [5.74, 6) is 2.22. The highest BCUT2D eigenvalue weighted by Gasteiger charge is 2.08. The summed E-state index contributed by atoms with van der Waals surface area (Å²) in [7, 11) is 0. The molecule has 3 heteroatoms. The van der Waals surface area contributed by atoms with E-state index in [1.54, 1.807) is 12.1 Å². The van der Waals surface area contributed by atoms with Gasteiger partial charge in [-0.1, -0.05) is 19.3 Å². The lowest BCUT2D eigenvalue weighted by Gasteiger charge is -2.05. The molecule has 0 bridgehead atoms. The van der Waals surface area contributed by atoms with Crippen LogP contribution in [0.15, 0.2) is 18.2 Å². The maximum absolute atomic E-state index is 11.6. The predicted octanol–water partition coefficient (Wildman–Crippen LogP) is 3.23. The van der Waals surface area contributed by atoms with Crippen molar-refractivity contribution >= 4 is 28.6 Å². The number of esters is 1. The van der Waals surface area contributed by atoms with Gasteiger partial charge in [0.1, 0.15) is 0 Å². The number of carbonyl (C=O) groups is 1. The minimum Gasteiger partial charge on any atom is -0.462 e. The van der Waals surface area contributed by atoms with Gasteiger partial charge in [-0.25, -0.2) is 4.79 Å². The van der Waals surface area contributed by atoms with E-state index in [1.807, 2.05) is 6.07 Å². The fourth-order valence-corrected chi connectivity index (χ4v) is 1.85. The van der Waals surface area contributed by atoms with Gasteiger partial charge in [0.15, 0.2) is 0 Å². The van der Waals surface area contributed by atoms with Gasteiger partial charge < -0.3 is 4.74 Å². The Morgan fingerprint density at radius 2 is 2.25 bits per heavy atom. The fourth-order valence-electron chi connectivity index (χ4n) is 1.18. The first-order chi connectivity index (χ1) is 7.67. The third-order valence-corrected chi connectivity index (χ3v) is 2.65. The maximum atomic E-state index is 11.6. The number of rotatable bonds is 4. The molecule has 1 aromatic rings. The Hall–Kier alpha value is -1.02. The standard InChI is InChI=1S/C13H13IO2/c1-3-5-6-16-13(15)11-7-10(4-2)8-12(14)9-11/h2,7-9H,3,5-6H2,1H3. The van der Waals surface area contributed by atoms with Gasteiger partial charge in [-0.15, -0.1) is 6.42 Å². The molecule has 0 amide bonds. The summed E-state index contributed by atoms with van der Waals surface area (Å²) in [4.78, 5) is 11.6. The molecule has 0 aromatic heterocycles. The third kappa shape index (κ3) is 3.86. The third-order valence-electron chi connectivity index (χ3n) is 2.03. The summed E-state index contributed by atoms with van der Waals surface area (Å²) in [6, 6.07) is 5.30. The van der Waals surface area contributed by atoms with Crippen LogP contribution in [-0.2, 0) is 4.74 Å². The number of ether oxygens (including phenoxy) is 1. The first-order valence-corrected chi connectivity index (χ1v) is 6.19. The molecule has 1 aromatic carbocycles. The summed E-state index contributed by atoms with van der Waals surface area (Å²) >= 11 is 2.13. The topological polar surface area (TPSA) is 26.3 Å². The van der Waals surface area contributed by atoms with E-state index in [0.29, 0.717) is 17.7 Å². The monoisotopic (exact) mass is 328 g/mol. The Balaban J connectivity index is 2.76. The maximum Gasteiger partial charge on any atom is 0.338 e. The first kappa shape index (κ1) is 13.0. The van der Waals surface area contributed by atoms with Crippen LogP contribution in [0.3, 0.4) is 0 Å². The molecule has 16 heavy (non-hydrogen) atoms. The summed E-state index contributed by atoms with van der Waals surface area (Å²) in [6.07, 6.45) is 7.20. The van der Waals surface area contributed by atoms with Crippen LogP contribution in [0.4, 0.5) is 0 Å². The predicted molar refractivity (Wildman–Crippen MR) is 72.3 cm³/mol. The SMILES string of the molecule is C#Cc1cc(I)cc(C(=O)OCCCC)c1. The normalized spacial score (nSPS) is 9.56. The summed E-state index contributed by atoms with van der Waals surface area (Å²) in [6.45, 7) is 2.52. The van der Waals surface area contributed by atoms with Crippen LogP contribution >= 0.6 is 22.6 Å². The van der Waals surface area contributed by atoms with Crippen LogP contribution in [0.1, 0.15) is 35.7 Å². The number of terminal acetylenes is 1. The van der Waals surface area contributed by atoms with E-state index in [2.05, 4.69) is 35.4 Å². The molecular formula is C13H13IO2. The van der Waals surface area contributed by atoms with Gasteiger partial charge in [0.2, 0.25) is 0 Å². The van der Waals surface area contributed by atoms with E-state index in [9.17, 15) is 4.79 Å². The lowest BCUT2D eigenvalue weighted by Crippen LogP contribution is -2.07. The van der Waals surface area contributed by atoms with Crippen molar-refractivity contribution in [2.75, 3.05) is 6.61 Å². The van der Waals surface area contributed by atoms with Gasteiger partial charge in [-0.05, 0) is 47.2 Å². The molecule has 84 valence electrons. The van der Waals surface area contributed by atoms with Gasteiger partial charge in [0.05, 0.1) is 12.2 Å². The van der Waals surface area contributed by atoms with Crippen LogP contribution in [0, 0.1) is 15.9 Å². The van der Waals surface area contributed by atoms with E-state index < -0.39 is 0 Å². The fraction of sp³-hybridized carbons (Fsp3) is 0.308. The molecular weight excluding hydrogens is 315 g/mol. The van der Waals surface area contributed by atoms with E-state index in [0.717, 1.165) is 16.4 Å². The molecule has 0 saturated heterocycles. The van der Waals surface area contributed by atoms with Gasteiger partial charge in [-0.2, -0.15) is 0 Å². The molecule has 0 N–H and O–H groups in total. The average molecular weight is 328 g/mol. The highest BCUT2D eigenvalue weighted by molar-refractivity contribution is 14.1. The molecule has 0 spiro atoms. The van der Waals surface area contributed by atoms with Crippen molar-refractivity contribution in [1.29, 1.82) is 0 Å². The van der Waals surface area contributed by atoms with Crippen LogP contribution in [-0.4, -0.2) is 12.6 Å². The lowest BCUT2D eigenvalue weighted by molar-refractivity contribution is 0.0499. The van der Waals surface area contributed by atoms with Gasteiger partial charge in [0, 0.05) is 9.13 Å². The lowest BCUT2D eigenvalue weighted by atomic mass is 10.1. The number of unbranched alkanes of at least 4 members (excludes halogenated alkanes) is 1. The first-order valence-electron chi connectivity index (χ1n) is 5.11. The Morgan fingerprint density at radius 3 is 2.88 bits per heavy atom. The molecule has 0 aliphatic carbocycles. The second kappa shape index (κ2) is 6.54. The quantitative estimate of drug-likeness (QED) is 0.367. The number of carbonyl (C=O) groups excluding carboxylic acids is 1. The summed E-state index contributed by atoms with van der Waals surface area (Å²) < 4.78 is 6.05. The number of hydrogen-bond acceptors (Lipinski definition) is 2. The van der Waals surface area contributed by atoms with Crippen LogP contribution < -0.4 is 0 Å². The summed E-state index contributed by atoms with van der Waals surface area (Å²) in [5, 5.41) is 0. The molecule has 0 unspecified atom stereocenters. The molecule has 0 saturated carbocycles. The largest absolute Gasteiger partial charge is 0.462 e. The van der Waals surface area contributed by atoms with Crippen molar-refractivity contribution in [3.05, 3.63) is 32.9 Å². The van der Waals surface area contributed by atoms with Gasteiger partial charge >= 0.3 is 5.97 Å². The molecule has 0 aliphatic heterocycles. The molecule has 0 atom stereocenters. The number of hydrogen-bond donors (Lipinski definition) is 0. The van der Waals surface area contributed by atoms with Crippen molar-refractivity contribution in [3.8, 4) is 12.3 Å². The molecule has 0 aliphatic rings. The Kier molecular flexibility index (Phi) is 5.33. The van der Waals surface area contributed by atoms with E-state index in [-0.39, 0.29) is 5.97 Å². The molecule has 0 heterocycles. The average Bonchev–Trinajstić information content (AvgIpc) is 2.28. The molecule has 0 fully saturated rings. The molecule has 2 nitrogen and oxygen atoms in total. The smallest absolute Gasteiger partial charge is 0.338 e. The minimum atomic E-state index is -0.302. The van der Waals surface area contributed by atoms with Gasteiger partial charge in [0.25, 0.3) is 0 Å². The van der Waals surface area contributed by atoms with Gasteiger partial charge in [-0.3, -0.25) is 0 Å². The summed E-state index contributed by atoms with van der Waals surface area (Å²) in [5.41, 5.74) is 1.23. The van der Waals surface area contributed by atoms with Crippen molar-refractivity contribution in [3.63, 3.8) is 0 Å². The van der Waals surface area contributed by atoms with E-state index in [1.165, 1.54) is 0 Å². The Bertz CT molecular complexity index is 418. The zero-order valence-electron chi connectivity index (χ0n) is 9.13. The van der Waals surface area contributed by atoms with Crippen molar-refractivity contribution in [1.82, 2.24) is 0 Å². The van der Waals surface area contributed by atoms with Crippen LogP contribution in [0.2, 0.25) is 0 Å². The van der Waals surface area contributed by atoms with Crippen molar-refractivity contribution in [2.45, 2.75) is 19.8 Å². The molecule has 0 radical (unpaired) electrons. The van der Waals surface area contributed by atoms with E-state index >= 15 is 0 Å². The second-order valence-corrected chi connectivity index (χ2v) is 4.61. The Labute approximate surface area is 110 Å². The van der Waals surface area contributed by atoms with Crippen LogP contribution in [0.25, 0.3) is 0 Å². The zero-order valence-corrected chi connectivity index (χ0v) is 11.3. The minimum absolute atomic E-state index is 0.302. The highest BCUT2D eigenvalue weighted by atomic mass is 127. The van der Waals surface area contributed by atoms with E-state index in [4.69, 9.17) is 11.2 Å². The Morgan fingerprint density at radius 1 is 1.50 bits per heavy atom. The van der Waals surface area contributed by atoms with Crippen LogP contribution in [0.5, 0.6) is 0 Å². The molecule has 1 rings (SSSR count). The zero-order chi connectivity index (χ0) is 12.0. The number of halogens is 1. The highest BCUT2D eigenvalue weighted by Crippen LogP contribution is 2.13. The second-order valence-electron chi connectivity index (χ2n) is 3.36. The van der Waals surface area contributed by atoms with Crippen molar-refractivity contribution in [2.24, 2.45) is 0 Å².